The highest BCUT2D eigenvalue weighted by Gasteiger charge is 2.21. The van der Waals surface area contributed by atoms with E-state index in [0.717, 1.165) is 37.1 Å². The van der Waals surface area contributed by atoms with Crippen molar-refractivity contribution in [2.24, 2.45) is 5.73 Å². The van der Waals surface area contributed by atoms with Crippen molar-refractivity contribution in [1.29, 1.82) is 0 Å². The average Bonchev–Trinajstić information content (AvgIpc) is 2.80. The SMILES string of the molecule is CCCC(CC)Oc1ccc2c(c1)COC2=O.CCN. The van der Waals surface area contributed by atoms with E-state index in [1.807, 2.05) is 19.1 Å². The van der Waals surface area contributed by atoms with Gasteiger partial charge in [0, 0.05) is 5.56 Å². The first-order valence-electron chi connectivity index (χ1n) is 7.32. The fourth-order valence-corrected chi connectivity index (χ4v) is 2.04. The van der Waals surface area contributed by atoms with Crippen LogP contribution >= 0.6 is 0 Å². The molecule has 2 N–H and O–H groups in total. The van der Waals surface area contributed by atoms with E-state index in [-0.39, 0.29) is 12.1 Å². The average molecular weight is 279 g/mol. The van der Waals surface area contributed by atoms with Crippen LogP contribution in [0.5, 0.6) is 5.75 Å². The van der Waals surface area contributed by atoms with Crippen LogP contribution in [0.4, 0.5) is 0 Å². The van der Waals surface area contributed by atoms with Gasteiger partial charge in [0.15, 0.2) is 0 Å². The molecule has 2 rings (SSSR count). The van der Waals surface area contributed by atoms with Gasteiger partial charge in [0.2, 0.25) is 0 Å². The number of rotatable bonds is 5. The summed E-state index contributed by atoms with van der Waals surface area (Å²) in [7, 11) is 0. The first-order chi connectivity index (χ1) is 9.65. The first kappa shape index (κ1) is 16.5. The van der Waals surface area contributed by atoms with Crippen molar-refractivity contribution in [2.75, 3.05) is 6.54 Å². The number of ether oxygens (including phenoxy) is 2. The molecule has 0 bridgehead atoms. The predicted octanol–water partition coefficient (Wildman–Crippen LogP) is 3.28. The number of fused-ring (bicyclic) bond motifs is 1. The molecule has 1 aliphatic heterocycles. The summed E-state index contributed by atoms with van der Waals surface area (Å²) in [4.78, 5) is 11.3. The zero-order valence-electron chi connectivity index (χ0n) is 12.6. The molecule has 0 saturated heterocycles. The third kappa shape index (κ3) is 4.53. The van der Waals surface area contributed by atoms with Crippen LogP contribution in [0, 0.1) is 0 Å². The third-order valence-electron chi connectivity index (χ3n) is 3.02. The van der Waals surface area contributed by atoms with Gasteiger partial charge in [-0.15, -0.1) is 0 Å². The van der Waals surface area contributed by atoms with Crippen LogP contribution in [0.1, 0.15) is 56.0 Å². The number of hydrogen-bond donors (Lipinski definition) is 1. The molecule has 1 atom stereocenters. The van der Waals surface area contributed by atoms with Gasteiger partial charge in [0.05, 0.1) is 11.7 Å². The van der Waals surface area contributed by atoms with Crippen LogP contribution < -0.4 is 10.5 Å². The Morgan fingerprint density at radius 3 is 2.65 bits per heavy atom. The van der Waals surface area contributed by atoms with E-state index >= 15 is 0 Å². The molecule has 0 aromatic heterocycles. The highest BCUT2D eigenvalue weighted by molar-refractivity contribution is 5.93. The summed E-state index contributed by atoms with van der Waals surface area (Å²) < 4.78 is 10.9. The summed E-state index contributed by atoms with van der Waals surface area (Å²) in [5.41, 5.74) is 6.44. The Balaban J connectivity index is 0.000000612. The van der Waals surface area contributed by atoms with E-state index < -0.39 is 0 Å². The molecule has 112 valence electrons. The smallest absolute Gasteiger partial charge is 0.338 e. The summed E-state index contributed by atoms with van der Waals surface area (Å²) in [6, 6.07) is 5.56. The monoisotopic (exact) mass is 279 g/mol. The lowest BCUT2D eigenvalue weighted by Crippen LogP contribution is -2.14. The van der Waals surface area contributed by atoms with E-state index in [9.17, 15) is 4.79 Å². The molecule has 1 heterocycles. The molecular weight excluding hydrogens is 254 g/mol. The van der Waals surface area contributed by atoms with Gasteiger partial charge >= 0.3 is 5.97 Å². The van der Waals surface area contributed by atoms with Gasteiger partial charge in [-0.1, -0.05) is 27.2 Å². The second kappa shape index (κ2) is 8.59. The van der Waals surface area contributed by atoms with Crippen molar-refractivity contribution in [1.82, 2.24) is 0 Å². The van der Waals surface area contributed by atoms with Crippen LogP contribution in [0.15, 0.2) is 18.2 Å². The maximum absolute atomic E-state index is 11.3. The number of benzene rings is 1. The number of esters is 1. The number of cyclic esters (lactones) is 1. The summed E-state index contributed by atoms with van der Waals surface area (Å²) in [6.45, 7) is 7.30. The summed E-state index contributed by atoms with van der Waals surface area (Å²) >= 11 is 0. The maximum Gasteiger partial charge on any atom is 0.338 e. The fraction of sp³-hybridized carbons (Fsp3) is 0.562. The lowest BCUT2D eigenvalue weighted by molar-refractivity contribution is 0.0535. The van der Waals surface area contributed by atoms with Gasteiger partial charge in [-0.3, -0.25) is 0 Å². The minimum atomic E-state index is -0.229. The van der Waals surface area contributed by atoms with E-state index in [1.54, 1.807) is 6.07 Å². The molecular formula is C16H25NO3. The Morgan fingerprint density at radius 1 is 1.35 bits per heavy atom. The quantitative estimate of drug-likeness (QED) is 0.840. The molecule has 1 aromatic rings. The fourth-order valence-electron chi connectivity index (χ4n) is 2.04. The lowest BCUT2D eigenvalue weighted by Gasteiger charge is -2.17. The van der Waals surface area contributed by atoms with Crippen molar-refractivity contribution < 1.29 is 14.3 Å². The topological polar surface area (TPSA) is 61.5 Å². The third-order valence-corrected chi connectivity index (χ3v) is 3.02. The van der Waals surface area contributed by atoms with E-state index in [1.165, 1.54) is 0 Å². The van der Waals surface area contributed by atoms with Crippen LogP contribution in [-0.2, 0) is 11.3 Å². The van der Waals surface area contributed by atoms with E-state index in [2.05, 4.69) is 13.8 Å². The molecule has 0 spiro atoms. The van der Waals surface area contributed by atoms with Crippen LogP contribution in [0.2, 0.25) is 0 Å². The molecule has 0 aliphatic carbocycles. The van der Waals surface area contributed by atoms with Crippen molar-refractivity contribution in [3.05, 3.63) is 29.3 Å². The normalized spacial score (nSPS) is 13.9. The van der Waals surface area contributed by atoms with Crippen molar-refractivity contribution in [3.63, 3.8) is 0 Å². The Hall–Kier alpha value is -1.55. The second-order valence-corrected chi connectivity index (χ2v) is 4.74. The lowest BCUT2D eigenvalue weighted by atomic mass is 10.1. The summed E-state index contributed by atoms with van der Waals surface area (Å²) in [5.74, 6) is 0.606. The molecule has 1 aromatic carbocycles. The van der Waals surface area contributed by atoms with Crippen molar-refractivity contribution >= 4 is 5.97 Å². The molecule has 0 radical (unpaired) electrons. The molecule has 0 fully saturated rings. The number of nitrogens with two attached hydrogens (primary N) is 1. The standard InChI is InChI=1S/C14H18O3.C2H7N/c1-3-5-11(4-2)17-12-6-7-13-10(8-12)9-16-14(13)15;1-2-3/h6-8,11H,3-5,9H2,1-2H3;2-3H2,1H3. The number of carbonyl (C=O) groups excluding carboxylic acids is 1. The largest absolute Gasteiger partial charge is 0.490 e. The van der Waals surface area contributed by atoms with Crippen molar-refractivity contribution in [3.8, 4) is 5.75 Å². The Bertz CT molecular complexity index is 432. The van der Waals surface area contributed by atoms with Crippen LogP contribution in [-0.4, -0.2) is 18.6 Å². The highest BCUT2D eigenvalue weighted by Crippen LogP contribution is 2.26. The summed E-state index contributed by atoms with van der Waals surface area (Å²) in [5, 5.41) is 0. The number of carbonyl (C=O) groups is 1. The van der Waals surface area contributed by atoms with Gasteiger partial charge in [-0.2, -0.15) is 0 Å². The van der Waals surface area contributed by atoms with Gasteiger partial charge in [0.1, 0.15) is 12.4 Å². The van der Waals surface area contributed by atoms with Gasteiger partial charge < -0.3 is 15.2 Å². The molecule has 4 heteroatoms. The van der Waals surface area contributed by atoms with E-state index in [0.29, 0.717) is 12.2 Å². The minimum Gasteiger partial charge on any atom is -0.490 e. The Morgan fingerprint density at radius 2 is 2.05 bits per heavy atom. The predicted molar refractivity (Wildman–Crippen MR) is 79.9 cm³/mol. The zero-order chi connectivity index (χ0) is 15.0. The van der Waals surface area contributed by atoms with E-state index in [4.69, 9.17) is 15.2 Å². The minimum absolute atomic E-state index is 0.229. The Labute approximate surface area is 121 Å². The number of hydrogen-bond acceptors (Lipinski definition) is 4. The van der Waals surface area contributed by atoms with Crippen LogP contribution in [0.3, 0.4) is 0 Å². The first-order valence-corrected chi connectivity index (χ1v) is 7.32. The van der Waals surface area contributed by atoms with Crippen molar-refractivity contribution in [2.45, 2.75) is 52.7 Å². The van der Waals surface area contributed by atoms with Gasteiger partial charge in [0.25, 0.3) is 0 Å². The Kier molecular flexibility index (Phi) is 7.09. The molecule has 1 unspecified atom stereocenters. The molecule has 20 heavy (non-hydrogen) atoms. The highest BCUT2D eigenvalue weighted by atomic mass is 16.5. The van der Waals surface area contributed by atoms with Gasteiger partial charge in [-0.25, -0.2) is 4.79 Å². The molecule has 4 nitrogen and oxygen atoms in total. The maximum atomic E-state index is 11.3. The molecule has 1 aliphatic rings. The summed E-state index contributed by atoms with van der Waals surface area (Å²) in [6.07, 6.45) is 3.44. The molecule has 0 saturated carbocycles. The molecule has 0 amide bonds. The van der Waals surface area contributed by atoms with Crippen LogP contribution in [0.25, 0.3) is 0 Å². The van der Waals surface area contributed by atoms with Gasteiger partial charge in [-0.05, 0) is 37.6 Å². The second-order valence-electron chi connectivity index (χ2n) is 4.74. The zero-order valence-corrected chi connectivity index (χ0v) is 12.6.